The summed E-state index contributed by atoms with van der Waals surface area (Å²) in [5, 5.41) is 4.95. The molecule has 0 saturated heterocycles. The first-order valence-electron chi connectivity index (χ1n) is 6.21. The first kappa shape index (κ1) is 16.0. The molecule has 102 valence electrons. The van der Waals surface area contributed by atoms with Gasteiger partial charge in [0.25, 0.3) is 0 Å². The Morgan fingerprint density at radius 1 is 1.00 bits per heavy atom. The molecule has 0 saturated carbocycles. The Kier molecular flexibility index (Phi) is 4.89. The SMILES string of the molecule is CC(C)(C)N=[P@]([Se-])(NC(C)(C)C)c1ccccc1. The van der Waals surface area contributed by atoms with Crippen LogP contribution in [-0.4, -0.2) is 26.6 Å². The number of nitrogens with one attached hydrogen (secondary N) is 1. The number of nitrogens with zero attached hydrogens (tertiary/aromatic N) is 1. The molecule has 0 heterocycles. The summed E-state index contributed by atoms with van der Waals surface area (Å²) in [5.41, 5.74) is -0.0310. The van der Waals surface area contributed by atoms with Crippen molar-refractivity contribution in [3.8, 4) is 0 Å². The van der Waals surface area contributed by atoms with Crippen molar-refractivity contribution < 1.29 is 0 Å². The standard InChI is InChI=1S/C14H24N2PSe/c1-13(2,3)15-17(18,16-14(4,5)6)12-10-8-7-9-11-12/h7-11,15H,1-6H3/q-1/t17-/m1/s1. The van der Waals surface area contributed by atoms with E-state index in [4.69, 9.17) is 4.74 Å². The van der Waals surface area contributed by atoms with Gasteiger partial charge in [0.05, 0.1) is 0 Å². The van der Waals surface area contributed by atoms with Crippen LogP contribution in [0.4, 0.5) is 0 Å². The Morgan fingerprint density at radius 3 is 1.89 bits per heavy atom. The molecule has 0 radical (unpaired) electrons. The molecule has 1 aromatic carbocycles. The van der Waals surface area contributed by atoms with Crippen LogP contribution in [-0.2, 0) is 0 Å². The summed E-state index contributed by atoms with van der Waals surface area (Å²) in [6.45, 7) is 13.0. The van der Waals surface area contributed by atoms with E-state index in [-0.39, 0.29) is 11.1 Å². The first-order chi connectivity index (χ1) is 8.02. The van der Waals surface area contributed by atoms with Crippen LogP contribution >= 0.6 is 5.89 Å². The molecule has 4 heteroatoms. The molecular weight excluding hydrogens is 306 g/mol. The fourth-order valence-electron chi connectivity index (χ4n) is 1.65. The monoisotopic (exact) mass is 331 g/mol. The molecule has 18 heavy (non-hydrogen) atoms. The van der Waals surface area contributed by atoms with Gasteiger partial charge in [0.2, 0.25) is 0 Å². The van der Waals surface area contributed by atoms with Crippen LogP contribution in [0.3, 0.4) is 0 Å². The molecular formula is C14H24N2PSe-. The van der Waals surface area contributed by atoms with Gasteiger partial charge in [-0.05, 0) is 0 Å². The second-order valence-electron chi connectivity index (χ2n) is 6.54. The molecule has 0 aliphatic heterocycles. The summed E-state index contributed by atoms with van der Waals surface area (Å²) in [4.78, 5) is 0. The van der Waals surface area contributed by atoms with E-state index >= 15 is 0 Å². The minimum atomic E-state index is -1.81. The van der Waals surface area contributed by atoms with Crippen molar-refractivity contribution in [3.63, 3.8) is 0 Å². The number of rotatable bonds is 2. The van der Waals surface area contributed by atoms with Crippen LogP contribution in [0.25, 0.3) is 0 Å². The van der Waals surface area contributed by atoms with Gasteiger partial charge in [0.15, 0.2) is 0 Å². The molecule has 0 fully saturated rings. The number of hydrogen-bond donors (Lipinski definition) is 1. The molecule has 0 bridgehead atoms. The summed E-state index contributed by atoms with van der Waals surface area (Å²) < 4.78 is 5.04. The first-order valence-corrected chi connectivity index (χ1v) is 10.2. The van der Waals surface area contributed by atoms with Gasteiger partial charge >= 0.3 is 120 Å². The van der Waals surface area contributed by atoms with E-state index < -0.39 is 5.89 Å². The topological polar surface area (TPSA) is 24.4 Å². The molecule has 1 rings (SSSR count). The van der Waals surface area contributed by atoms with Gasteiger partial charge in [-0.25, -0.2) is 0 Å². The predicted molar refractivity (Wildman–Crippen MR) is 83.8 cm³/mol. The van der Waals surface area contributed by atoms with Crippen LogP contribution in [0.1, 0.15) is 41.5 Å². The molecule has 0 unspecified atom stereocenters. The predicted octanol–water partition coefficient (Wildman–Crippen LogP) is 3.70. The molecule has 1 aromatic rings. The summed E-state index contributed by atoms with van der Waals surface area (Å²) in [7, 11) is 0. The molecule has 0 aromatic heterocycles. The quantitative estimate of drug-likeness (QED) is 0.649. The Bertz CT molecular complexity index is 441. The van der Waals surface area contributed by atoms with Crippen LogP contribution in [0.5, 0.6) is 0 Å². The summed E-state index contributed by atoms with van der Waals surface area (Å²) in [6.07, 6.45) is 0. The second kappa shape index (κ2) is 5.51. The Hall–Kier alpha value is -0.0705. The van der Waals surface area contributed by atoms with E-state index in [9.17, 15) is 0 Å². The van der Waals surface area contributed by atoms with Gasteiger partial charge in [-0.3, -0.25) is 0 Å². The van der Waals surface area contributed by atoms with Crippen LogP contribution in [0.15, 0.2) is 35.1 Å². The average molecular weight is 330 g/mol. The minimum absolute atomic E-state index is 0.0314. The summed E-state index contributed by atoms with van der Waals surface area (Å²) in [6, 6.07) is 10.5. The Labute approximate surface area is 119 Å². The summed E-state index contributed by atoms with van der Waals surface area (Å²) in [5.74, 6) is -1.81. The zero-order valence-corrected chi connectivity index (χ0v) is 14.8. The van der Waals surface area contributed by atoms with Gasteiger partial charge in [0, 0.05) is 0 Å². The van der Waals surface area contributed by atoms with Gasteiger partial charge in [-0.15, -0.1) is 0 Å². The van der Waals surface area contributed by atoms with E-state index in [0.29, 0.717) is 0 Å². The molecule has 0 aliphatic rings. The normalized spacial score (nSPS) is 16.2. The van der Waals surface area contributed by atoms with E-state index in [2.05, 4.69) is 86.5 Å². The molecule has 0 spiro atoms. The van der Waals surface area contributed by atoms with Crippen molar-refractivity contribution >= 4 is 26.8 Å². The van der Waals surface area contributed by atoms with Gasteiger partial charge in [0.1, 0.15) is 0 Å². The third kappa shape index (κ3) is 5.28. The van der Waals surface area contributed by atoms with Gasteiger partial charge < -0.3 is 0 Å². The van der Waals surface area contributed by atoms with E-state index in [1.54, 1.807) is 0 Å². The number of hydrogen-bond acceptors (Lipinski definition) is 1. The van der Waals surface area contributed by atoms with Crippen LogP contribution in [0.2, 0.25) is 0 Å². The van der Waals surface area contributed by atoms with Crippen molar-refractivity contribution in [1.82, 2.24) is 5.09 Å². The molecule has 1 atom stereocenters. The van der Waals surface area contributed by atoms with Crippen molar-refractivity contribution in [2.24, 2.45) is 4.74 Å². The van der Waals surface area contributed by atoms with Crippen molar-refractivity contribution in [2.45, 2.75) is 52.6 Å². The number of benzene rings is 1. The van der Waals surface area contributed by atoms with E-state index in [1.165, 1.54) is 5.30 Å². The van der Waals surface area contributed by atoms with Crippen LogP contribution in [0, 0.1) is 0 Å². The van der Waals surface area contributed by atoms with Crippen LogP contribution < -0.4 is 10.4 Å². The average Bonchev–Trinajstić information content (AvgIpc) is 2.13. The molecule has 0 amide bonds. The third-order valence-corrected chi connectivity index (χ3v) is 7.30. The van der Waals surface area contributed by atoms with Crippen molar-refractivity contribution in [2.75, 3.05) is 0 Å². The third-order valence-electron chi connectivity index (χ3n) is 2.03. The summed E-state index contributed by atoms with van der Waals surface area (Å²) >= 11 is 3.35. The zero-order valence-electron chi connectivity index (χ0n) is 12.2. The van der Waals surface area contributed by atoms with E-state index in [1.807, 2.05) is 6.07 Å². The molecule has 2 nitrogen and oxygen atoms in total. The maximum absolute atomic E-state index is 5.04. The zero-order chi connectivity index (χ0) is 14.0. The fraction of sp³-hybridized carbons (Fsp3) is 0.571. The van der Waals surface area contributed by atoms with Gasteiger partial charge in [-0.2, -0.15) is 0 Å². The molecule has 1 N–H and O–H groups in total. The second-order valence-corrected chi connectivity index (χ2v) is 12.0. The maximum atomic E-state index is 5.04. The fourth-order valence-corrected chi connectivity index (χ4v) is 8.31. The van der Waals surface area contributed by atoms with E-state index in [0.717, 1.165) is 0 Å². The Morgan fingerprint density at radius 2 is 1.50 bits per heavy atom. The van der Waals surface area contributed by atoms with Crippen molar-refractivity contribution in [3.05, 3.63) is 30.3 Å². The van der Waals surface area contributed by atoms with Gasteiger partial charge in [-0.1, -0.05) is 0 Å². The van der Waals surface area contributed by atoms with Crippen molar-refractivity contribution in [1.29, 1.82) is 0 Å². The Balaban J connectivity index is 3.32. The molecule has 0 aliphatic carbocycles.